The SMILES string of the molecule is CC(C)[C@H](NC(=O)OC(C)(C)C)C(=O)C1(O)O[C@H](CO[Si](C)(C)C(C)(C)C)[C@@H](O)[C@@]1(C)O. The van der Waals surface area contributed by atoms with Gasteiger partial charge in [0.2, 0.25) is 5.78 Å². The summed E-state index contributed by atoms with van der Waals surface area (Å²) in [6, 6.07) is -1.23. The van der Waals surface area contributed by atoms with E-state index in [2.05, 4.69) is 26.1 Å². The molecule has 0 bridgehead atoms. The minimum atomic E-state index is -2.75. The molecule has 0 saturated carbocycles. The van der Waals surface area contributed by atoms with Gasteiger partial charge in [-0.3, -0.25) is 4.79 Å². The molecule has 0 aliphatic carbocycles. The van der Waals surface area contributed by atoms with Crippen molar-refractivity contribution in [2.24, 2.45) is 5.92 Å². The first-order valence-corrected chi connectivity index (χ1v) is 14.0. The summed E-state index contributed by atoms with van der Waals surface area (Å²) >= 11 is 0. The van der Waals surface area contributed by atoms with Crippen LogP contribution in [0.4, 0.5) is 4.79 Å². The highest BCUT2D eigenvalue weighted by atomic mass is 28.4. The van der Waals surface area contributed by atoms with Crippen LogP contribution in [0.2, 0.25) is 18.1 Å². The van der Waals surface area contributed by atoms with E-state index in [1.54, 1.807) is 34.6 Å². The number of rotatable bonds is 7. The van der Waals surface area contributed by atoms with Crippen molar-refractivity contribution in [3.63, 3.8) is 0 Å². The molecular formula is C22H43NO8Si. The molecule has 10 heteroatoms. The maximum absolute atomic E-state index is 13.3. The molecule has 0 spiro atoms. The van der Waals surface area contributed by atoms with Crippen molar-refractivity contribution in [2.45, 2.75) is 116 Å². The monoisotopic (exact) mass is 477 g/mol. The highest BCUT2D eigenvalue weighted by Crippen LogP contribution is 2.42. The van der Waals surface area contributed by atoms with Gasteiger partial charge in [0.25, 0.3) is 5.79 Å². The molecular weight excluding hydrogens is 434 g/mol. The first-order valence-electron chi connectivity index (χ1n) is 11.1. The first kappa shape index (κ1) is 29.0. The van der Waals surface area contributed by atoms with Crippen molar-refractivity contribution in [3.8, 4) is 0 Å². The molecule has 1 aliphatic heterocycles. The molecule has 1 saturated heterocycles. The quantitative estimate of drug-likeness (QED) is 0.410. The van der Waals surface area contributed by atoms with Crippen molar-refractivity contribution in [1.82, 2.24) is 5.32 Å². The largest absolute Gasteiger partial charge is 0.444 e. The van der Waals surface area contributed by atoms with E-state index >= 15 is 0 Å². The van der Waals surface area contributed by atoms with Gasteiger partial charge < -0.3 is 34.5 Å². The van der Waals surface area contributed by atoms with E-state index in [1.165, 1.54) is 0 Å². The molecule has 188 valence electrons. The van der Waals surface area contributed by atoms with Gasteiger partial charge >= 0.3 is 6.09 Å². The van der Waals surface area contributed by atoms with Gasteiger partial charge in [0.05, 0.1) is 12.6 Å². The smallest absolute Gasteiger partial charge is 0.408 e. The normalized spacial score (nSPS) is 30.3. The minimum Gasteiger partial charge on any atom is -0.444 e. The van der Waals surface area contributed by atoms with Crippen molar-refractivity contribution >= 4 is 20.2 Å². The van der Waals surface area contributed by atoms with Crippen LogP contribution in [0.25, 0.3) is 0 Å². The molecule has 1 heterocycles. The van der Waals surface area contributed by atoms with Crippen LogP contribution in [0.1, 0.15) is 62.3 Å². The fraction of sp³-hybridized carbons (Fsp3) is 0.909. The van der Waals surface area contributed by atoms with E-state index in [0.29, 0.717) is 0 Å². The predicted molar refractivity (Wildman–Crippen MR) is 123 cm³/mol. The molecule has 1 rings (SSSR count). The zero-order chi connectivity index (χ0) is 25.5. The van der Waals surface area contributed by atoms with Crippen molar-refractivity contribution in [1.29, 1.82) is 0 Å². The summed E-state index contributed by atoms with van der Waals surface area (Å²) in [6.45, 7) is 19.6. The van der Waals surface area contributed by atoms with E-state index in [4.69, 9.17) is 13.9 Å². The molecule has 5 atom stereocenters. The summed E-state index contributed by atoms with van der Waals surface area (Å²) < 4.78 is 16.9. The molecule has 1 amide bonds. The number of hydrogen-bond acceptors (Lipinski definition) is 8. The summed E-state index contributed by atoms with van der Waals surface area (Å²) in [5.74, 6) is -4.19. The second-order valence-electron chi connectivity index (χ2n) is 11.7. The summed E-state index contributed by atoms with van der Waals surface area (Å²) in [7, 11) is -2.22. The highest BCUT2D eigenvalue weighted by molar-refractivity contribution is 6.74. The number of hydrogen-bond donors (Lipinski definition) is 4. The number of ether oxygens (including phenoxy) is 2. The Hall–Kier alpha value is -1.04. The van der Waals surface area contributed by atoms with Gasteiger partial charge in [0.15, 0.2) is 13.9 Å². The van der Waals surface area contributed by atoms with Crippen LogP contribution >= 0.6 is 0 Å². The third-order valence-electron chi connectivity index (χ3n) is 6.31. The Balaban J connectivity index is 3.12. The molecule has 9 nitrogen and oxygen atoms in total. The van der Waals surface area contributed by atoms with Gasteiger partial charge in [-0.1, -0.05) is 34.6 Å². The van der Waals surface area contributed by atoms with E-state index in [1.807, 2.05) is 13.1 Å². The number of ketones is 1. The number of aliphatic hydroxyl groups excluding tert-OH is 1. The van der Waals surface area contributed by atoms with Crippen LogP contribution in [-0.4, -0.2) is 77.4 Å². The van der Waals surface area contributed by atoms with Gasteiger partial charge in [0, 0.05) is 0 Å². The van der Waals surface area contributed by atoms with Crippen LogP contribution in [0, 0.1) is 5.92 Å². The van der Waals surface area contributed by atoms with Crippen molar-refractivity contribution < 1.29 is 38.8 Å². The average molecular weight is 478 g/mol. The number of nitrogens with one attached hydrogen (secondary N) is 1. The molecule has 1 fully saturated rings. The van der Waals surface area contributed by atoms with Crippen LogP contribution in [-0.2, 0) is 18.7 Å². The maximum atomic E-state index is 13.3. The molecule has 1 unspecified atom stereocenters. The zero-order valence-electron chi connectivity index (χ0n) is 21.4. The molecule has 0 aromatic carbocycles. The Morgan fingerprint density at radius 1 is 1.12 bits per heavy atom. The van der Waals surface area contributed by atoms with Crippen LogP contribution in [0.15, 0.2) is 0 Å². The Morgan fingerprint density at radius 2 is 1.62 bits per heavy atom. The van der Waals surface area contributed by atoms with E-state index in [0.717, 1.165) is 6.92 Å². The number of Topliss-reactive ketones (excluding diaryl/α,β-unsaturated/α-hetero) is 1. The van der Waals surface area contributed by atoms with Crippen LogP contribution in [0.5, 0.6) is 0 Å². The number of alkyl carbamates (subject to hydrolysis) is 1. The zero-order valence-corrected chi connectivity index (χ0v) is 22.4. The van der Waals surface area contributed by atoms with E-state index in [-0.39, 0.29) is 11.6 Å². The molecule has 0 aromatic heterocycles. The highest BCUT2D eigenvalue weighted by Gasteiger charge is 2.67. The van der Waals surface area contributed by atoms with Crippen molar-refractivity contribution in [2.75, 3.05) is 6.61 Å². The lowest BCUT2D eigenvalue weighted by atomic mass is 9.83. The predicted octanol–water partition coefficient (Wildman–Crippen LogP) is 2.33. The lowest BCUT2D eigenvalue weighted by Crippen LogP contribution is -2.64. The Labute approximate surface area is 192 Å². The third-order valence-corrected chi connectivity index (χ3v) is 10.8. The molecule has 1 aliphatic rings. The fourth-order valence-corrected chi connectivity index (χ4v) is 4.10. The summed E-state index contributed by atoms with van der Waals surface area (Å²) in [5, 5.41) is 35.1. The van der Waals surface area contributed by atoms with Gasteiger partial charge in [0.1, 0.15) is 17.8 Å². The van der Waals surface area contributed by atoms with E-state index < -0.39 is 61.4 Å². The lowest BCUT2D eigenvalue weighted by molar-refractivity contribution is -0.250. The standard InChI is InChI=1S/C22H43NO8Si/c1-13(2)15(23-18(26)31-19(3,4)5)17(25)22(28)21(9,27)16(24)14(30-22)12-29-32(10,11)20(6,7)8/h13-16,24,27-28H,12H2,1-11H3,(H,23,26)/t14-,15+,16-,21-,22?/m1/s1. The number of carbonyl (C=O) groups is 2. The van der Waals surface area contributed by atoms with Crippen LogP contribution < -0.4 is 5.32 Å². The average Bonchev–Trinajstić information content (AvgIpc) is 2.75. The first-order chi connectivity index (χ1) is 14.1. The number of carbonyl (C=O) groups excluding carboxylic acids is 2. The minimum absolute atomic E-state index is 0.102. The Kier molecular flexibility index (Phi) is 8.43. The lowest BCUT2D eigenvalue weighted by Gasteiger charge is -2.37. The van der Waals surface area contributed by atoms with Gasteiger partial charge in [-0.05, 0) is 51.7 Å². The van der Waals surface area contributed by atoms with E-state index in [9.17, 15) is 24.9 Å². The van der Waals surface area contributed by atoms with Gasteiger partial charge in [-0.25, -0.2) is 4.79 Å². The molecule has 0 radical (unpaired) electrons. The Bertz CT molecular complexity index is 695. The number of amides is 1. The maximum Gasteiger partial charge on any atom is 0.408 e. The molecule has 32 heavy (non-hydrogen) atoms. The molecule has 4 N–H and O–H groups in total. The van der Waals surface area contributed by atoms with Gasteiger partial charge in [-0.2, -0.15) is 0 Å². The summed E-state index contributed by atoms with van der Waals surface area (Å²) in [6.07, 6.45) is -3.57. The second-order valence-corrected chi connectivity index (χ2v) is 16.5. The summed E-state index contributed by atoms with van der Waals surface area (Å²) in [5.41, 5.74) is -3.11. The third kappa shape index (κ3) is 6.09. The fourth-order valence-electron chi connectivity index (χ4n) is 3.09. The topological polar surface area (TPSA) is 135 Å². The van der Waals surface area contributed by atoms with Crippen LogP contribution in [0.3, 0.4) is 0 Å². The summed E-state index contributed by atoms with van der Waals surface area (Å²) in [4.78, 5) is 25.6. The van der Waals surface area contributed by atoms with Gasteiger partial charge in [-0.15, -0.1) is 0 Å². The second kappa shape index (κ2) is 9.30. The van der Waals surface area contributed by atoms with Crippen molar-refractivity contribution in [3.05, 3.63) is 0 Å². The Morgan fingerprint density at radius 3 is 2.03 bits per heavy atom. The number of aliphatic hydroxyl groups is 3. The molecule has 0 aromatic rings.